The summed E-state index contributed by atoms with van der Waals surface area (Å²) in [5.74, 6) is -1.80. The molecule has 36 heavy (non-hydrogen) atoms. The van der Waals surface area contributed by atoms with E-state index in [4.69, 9.17) is 4.74 Å². The van der Waals surface area contributed by atoms with E-state index in [0.717, 1.165) is 24.8 Å². The molecule has 7 heteroatoms. The number of aromatic nitrogens is 1. The van der Waals surface area contributed by atoms with Crippen LogP contribution in [0.15, 0.2) is 72.6 Å². The molecular formula is C29H29FN2O4. The van der Waals surface area contributed by atoms with Crippen molar-refractivity contribution in [3.63, 3.8) is 0 Å². The van der Waals surface area contributed by atoms with Gasteiger partial charge in [0.1, 0.15) is 17.3 Å². The lowest BCUT2D eigenvalue weighted by Crippen LogP contribution is -2.29. The number of carbonyl (C=O) groups is 2. The van der Waals surface area contributed by atoms with Crippen molar-refractivity contribution in [3.05, 3.63) is 101 Å². The van der Waals surface area contributed by atoms with Gasteiger partial charge in [-0.25, -0.2) is 4.39 Å². The maximum absolute atomic E-state index is 14.3. The molecule has 1 N–H and O–H groups in total. The molecule has 1 aliphatic rings. The second kappa shape index (κ2) is 11.2. The number of ether oxygens (including phenoxy) is 1. The van der Waals surface area contributed by atoms with Gasteiger partial charge in [0.2, 0.25) is 0 Å². The van der Waals surface area contributed by atoms with Crippen molar-refractivity contribution in [1.29, 1.82) is 0 Å². The Morgan fingerprint density at radius 1 is 1.11 bits per heavy atom. The predicted molar refractivity (Wildman–Crippen MR) is 135 cm³/mol. The first-order valence-electron chi connectivity index (χ1n) is 12.1. The number of likely N-dealkylation sites (tertiary alicyclic amines) is 1. The summed E-state index contributed by atoms with van der Waals surface area (Å²) in [6, 6.07) is 14.1. The summed E-state index contributed by atoms with van der Waals surface area (Å²) in [6.07, 6.45) is 6.39. The van der Waals surface area contributed by atoms with Gasteiger partial charge < -0.3 is 14.7 Å². The van der Waals surface area contributed by atoms with Gasteiger partial charge in [0.25, 0.3) is 11.7 Å². The van der Waals surface area contributed by atoms with Crippen LogP contribution in [0.25, 0.3) is 5.76 Å². The van der Waals surface area contributed by atoms with E-state index < -0.39 is 29.3 Å². The monoisotopic (exact) mass is 488 g/mol. The summed E-state index contributed by atoms with van der Waals surface area (Å²) in [5, 5.41) is 11.1. The van der Waals surface area contributed by atoms with Crippen LogP contribution in [-0.2, 0) is 16.1 Å². The van der Waals surface area contributed by atoms with Crippen LogP contribution in [0, 0.1) is 12.7 Å². The highest BCUT2D eigenvalue weighted by atomic mass is 19.1. The topological polar surface area (TPSA) is 79.7 Å². The fourth-order valence-corrected chi connectivity index (χ4v) is 4.26. The summed E-state index contributed by atoms with van der Waals surface area (Å²) in [4.78, 5) is 31.8. The SMILES string of the molecule is CCCCCOc1ccc(C2/C(=C(\O)c3ccc(C)c(F)c3)C(=O)C(=O)N2Cc2cccnc2)cc1. The van der Waals surface area contributed by atoms with Crippen LogP contribution in [0.3, 0.4) is 0 Å². The quantitative estimate of drug-likeness (QED) is 0.180. The number of carbonyl (C=O) groups excluding carboxylic acids is 2. The molecular weight excluding hydrogens is 459 g/mol. The van der Waals surface area contributed by atoms with E-state index in [-0.39, 0.29) is 17.7 Å². The van der Waals surface area contributed by atoms with Crippen molar-refractivity contribution < 1.29 is 23.8 Å². The molecule has 1 amide bonds. The number of amides is 1. The number of benzene rings is 2. The molecule has 1 aliphatic heterocycles. The number of Topliss-reactive ketones (excluding diaryl/α,β-unsaturated/α-hetero) is 1. The highest BCUT2D eigenvalue weighted by molar-refractivity contribution is 6.46. The van der Waals surface area contributed by atoms with Crippen molar-refractivity contribution in [3.8, 4) is 5.75 Å². The Kier molecular flexibility index (Phi) is 7.78. The van der Waals surface area contributed by atoms with Crippen molar-refractivity contribution >= 4 is 17.4 Å². The number of aliphatic hydroxyl groups is 1. The lowest BCUT2D eigenvalue weighted by Gasteiger charge is -2.25. The van der Waals surface area contributed by atoms with E-state index in [2.05, 4.69) is 11.9 Å². The molecule has 1 unspecified atom stereocenters. The molecule has 6 nitrogen and oxygen atoms in total. The third kappa shape index (κ3) is 5.30. The Labute approximate surface area is 210 Å². The first kappa shape index (κ1) is 25.1. The molecule has 0 saturated carbocycles. The number of ketones is 1. The number of hydrogen-bond donors (Lipinski definition) is 1. The minimum absolute atomic E-state index is 0.0799. The number of pyridine rings is 1. The van der Waals surface area contributed by atoms with Gasteiger partial charge in [-0.1, -0.05) is 50.1 Å². The van der Waals surface area contributed by atoms with E-state index in [9.17, 15) is 19.1 Å². The van der Waals surface area contributed by atoms with Crippen molar-refractivity contribution in [2.75, 3.05) is 6.61 Å². The summed E-state index contributed by atoms with van der Waals surface area (Å²) in [7, 11) is 0. The first-order valence-corrected chi connectivity index (χ1v) is 12.1. The molecule has 186 valence electrons. The summed E-state index contributed by atoms with van der Waals surface area (Å²) < 4.78 is 20.1. The highest BCUT2D eigenvalue weighted by Gasteiger charge is 2.46. The van der Waals surface area contributed by atoms with Crippen LogP contribution in [0.1, 0.15) is 54.5 Å². The minimum atomic E-state index is -0.858. The lowest BCUT2D eigenvalue weighted by molar-refractivity contribution is -0.140. The number of unbranched alkanes of at least 4 members (excludes halogenated alkanes) is 2. The number of nitrogens with zero attached hydrogens (tertiary/aromatic N) is 2. The van der Waals surface area contributed by atoms with E-state index in [0.29, 0.717) is 23.5 Å². The third-order valence-electron chi connectivity index (χ3n) is 6.27. The molecule has 1 atom stereocenters. The van der Waals surface area contributed by atoms with Gasteiger partial charge >= 0.3 is 0 Å². The number of halogens is 1. The second-order valence-corrected chi connectivity index (χ2v) is 8.88. The maximum atomic E-state index is 14.3. The van der Waals surface area contributed by atoms with Crippen molar-refractivity contribution in [1.82, 2.24) is 9.88 Å². The third-order valence-corrected chi connectivity index (χ3v) is 6.27. The van der Waals surface area contributed by atoms with Gasteiger partial charge in [0.05, 0.1) is 18.2 Å². The Morgan fingerprint density at radius 3 is 2.56 bits per heavy atom. The summed E-state index contributed by atoms with van der Waals surface area (Å²) in [6.45, 7) is 4.46. The number of aryl methyl sites for hydroxylation is 1. The standard InChI is InChI=1S/C29H29FN2O4/c1-3-4-5-15-36-23-12-10-21(11-13-23)26-25(27(33)22-9-8-19(2)24(30)16-22)28(34)29(35)32(26)18-20-7-6-14-31-17-20/h6-14,16-17,26,33H,3-5,15,18H2,1-2H3/b27-25+. The average Bonchev–Trinajstić information content (AvgIpc) is 3.13. The van der Waals surface area contributed by atoms with Gasteiger partial charge in [0, 0.05) is 24.5 Å². The summed E-state index contributed by atoms with van der Waals surface area (Å²) >= 11 is 0. The van der Waals surface area contributed by atoms with Crippen LogP contribution in [0.2, 0.25) is 0 Å². The van der Waals surface area contributed by atoms with E-state index in [1.54, 1.807) is 49.6 Å². The Bertz CT molecular complexity index is 1270. The first-order chi connectivity index (χ1) is 17.4. The van der Waals surface area contributed by atoms with Gasteiger partial charge in [0.15, 0.2) is 0 Å². The van der Waals surface area contributed by atoms with E-state index in [1.807, 2.05) is 6.07 Å². The van der Waals surface area contributed by atoms with Crippen LogP contribution in [0.5, 0.6) is 5.75 Å². The van der Waals surface area contributed by atoms with Gasteiger partial charge in [-0.2, -0.15) is 0 Å². The molecule has 1 fully saturated rings. The zero-order valence-corrected chi connectivity index (χ0v) is 20.4. The molecule has 2 aromatic carbocycles. The number of aliphatic hydroxyl groups excluding tert-OH is 1. The lowest BCUT2D eigenvalue weighted by atomic mass is 9.94. The fraction of sp³-hybridized carbons (Fsp3) is 0.276. The largest absolute Gasteiger partial charge is 0.507 e. The van der Waals surface area contributed by atoms with Gasteiger partial charge in [-0.05, 0) is 54.3 Å². The normalized spacial score (nSPS) is 17.0. The molecule has 0 radical (unpaired) electrons. The minimum Gasteiger partial charge on any atom is -0.507 e. The molecule has 1 saturated heterocycles. The molecule has 0 bridgehead atoms. The Hall–Kier alpha value is -4.00. The maximum Gasteiger partial charge on any atom is 0.295 e. The number of hydrogen-bond acceptors (Lipinski definition) is 5. The van der Waals surface area contributed by atoms with Crippen LogP contribution >= 0.6 is 0 Å². The smallest absolute Gasteiger partial charge is 0.295 e. The zero-order valence-electron chi connectivity index (χ0n) is 20.4. The molecule has 1 aromatic heterocycles. The molecule has 4 rings (SSSR count). The number of rotatable bonds is 9. The van der Waals surface area contributed by atoms with Crippen LogP contribution in [-0.4, -0.2) is 33.3 Å². The Morgan fingerprint density at radius 2 is 1.89 bits per heavy atom. The van der Waals surface area contributed by atoms with E-state index >= 15 is 0 Å². The summed E-state index contributed by atoms with van der Waals surface area (Å²) in [5.41, 5.74) is 1.84. The highest BCUT2D eigenvalue weighted by Crippen LogP contribution is 2.40. The fourth-order valence-electron chi connectivity index (χ4n) is 4.26. The van der Waals surface area contributed by atoms with Crippen LogP contribution in [0.4, 0.5) is 4.39 Å². The van der Waals surface area contributed by atoms with Crippen molar-refractivity contribution in [2.24, 2.45) is 0 Å². The van der Waals surface area contributed by atoms with Crippen LogP contribution < -0.4 is 4.74 Å². The zero-order chi connectivity index (χ0) is 25.7. The second-order valence-electron chi connectivity index (χ2n) is 8.88. The van der Waals surface area contributed by atoms with Gasteiger partial charge in [-0.15, -0.1) is 0 Å². The molecule has 3 aromatic rings. The van der Waals surface area contributed by atoms with Crippen molar-refractivity contribution in [2.45, 2.75) is 45.7 Å². The van der Waals surface area contributed by atoms with E-state index in [1.165, 1.54) is 23.1 Å². The molecule has 2 heterocycles. The van der Waals surface area contributed by atoms with Gasteiger partial charge in [-0.3, -0.25) is 14.6 Å². The Balaban J connectivity index is 1.74. The average molecular weight is 489 g/mol. The molecule has 0 spiro atoms. The molecule has 0 aliphatic carbocycles. The predicted octanol–water partition coefficient (Wildman–Crippen LogP) is 5.72.